The molecule has 1 amide bonds. The van der Waals surface area contributed by atoms with Crippen LogP contribution in [0.3, 0.4) is 0 Å². The van der Waals surface area contributed by atoms with E-state index in [2.05, 4.69) is 5.32 Å². The summed E-state index contributed by atoms with van der Waals surface area (Å²) in [7, 11) is 3.09. The van der Waals surface area contributed by atoms with Gasteiger partial charge in [0.25, 0.3) is 0 Å². The Hall–Kier alpha value is -3.22. The van der Waals surface area contributed by atoms with Crippen molar-refractivity contribution in [1.29, 1.82) is 0 Å². The van der Waals surface area contributed by atoms with E-state index in [1.165, 1.54) is 0 Å². The number of carbonyl (C=O) groups excluding carboxylic acids is 1. The number of aliphatic carboxylic acids is 1. The van der Waals surface area contributed by atoms with Crippen LogP contribution >= 0.6 is 0 Å². The molecule has 1 atom stereocenters. The number of carboxylic acid groups (broad SMARTS) is 1. The third-order valence-electron chi connectivity index (χ3n) is 3.89. The van der Waals surface area contributed by atoms with Gasteiger partial charge in [0.15, 0.2) is 11.5 Å². The first-order valence-electron chi connectivity index (χ1n) is 8.44. The molecule has 0 aromatic heterocycles. The maximum absolute atomic E-state index is 12.2. The fraction of sp³-hybridized carbons (Fsp3) is 0.300. The van der Waals surface area contributed by atoms with Crippen LogP contribution in [0.1, 0.15) is 24.4 Å². The lowest BCUT2D eigenvalue weighted by Gasteiger charge is -2.18. The van der Waals surface area contributed by atoms with E-state index in [0.29, 0.717) is 22.8 Å². The lowest BCUT2D eigenvalue weighted by atomic mass is 10.0. The number of carboxylic acids is 1. The number of methoxy groups -OCH3 is 2. The van der Waals surface area contributed by atoms with E-state index in [1.54, 1.807) is 50.6 Å². The summed E-state index contributed by atoms with van der Waals surface area (Å²) < 4.78 is 15.9. The van der Waals surface area contributed by atoms with Crippen LogP contribution in [0.2, 0.25) is 0 Å². The van der Waals surface area contributed by atoms with E-state index in [-0.39, 0.29) is 25.4 Å². The first-order valence-corrected chi connectivity index (χ1v) is 8.44. The average molecular weight is 373 g/mol. The number of para-hydroxylation sites is 2. The number of hydrogen-bond acceptors (Lipinski definition) is 5. The highest BCUT2D eigenvalue weighted by molar-refractivity contribution is 5.78. The van der Waals surface area contributed by atoms with Crippen molar-refractivity contribution in [2.75, 3.05) is 20.8 Å². The highest BCUT2D eigenvalue weighted by Crippen LogP contribution is 2.26. The lowest BCUT2D eigenvalue weighted by molar-refractivity contribution is -0.137. The van der Waals surface area contributed by atoms with E-state index in [4.69, 9.17) is 19.3 Å². The normalized spacial score (nSPS) is 11.3. The molecule has 2 N–H and O–H groups in total. The van der Waals surface area contributed by atoms with Crippen LogP contribution in [0.15, 0.2) is 48.5 Å². The Kier molecular flexibility index (Phi) is 7.49. The van der Waals surface area contributed by atoms with Gasteiger partial charge in [0.1, 0.15) is 5.75 Å². The molecule has 27 heavy (non-hydrogen) atoms. The van der Waals surface area contributed by atoms with Crippen molar-refractivity contribution in [2.24, 2.45) is 0 Å². The van der Waals surface area contributed by atoms with Gasteiger partial charge >= 0.3 is 5.97 Å². The van der Waals surface area contributed by atoms with Gasteiger partial charge in [-0.3, -0.25) is 9.59 Å². The number of hydrogen-bond donors (Lipinski definition) is 2. The van der Waals surface area contributed by atoms with E-state index < -0.39 is 12.0 Å². The Morgan fingerprint density at radius 1 is 1.00 bits per heavy atom. The van der Waals surface area contributed by atoms with Gasteiger partial charge in [-0.15, -0.1) is 0 Å². The minimum Gasteiger partial charge on any atom is -0.497 e. The first-order chi connectivity index (χ1) is 13.0. The predicted molar refractivity (Wildman–Crippen MR) is 99.2 cm³/mol. The molecule has 0 spiro atoms. The summed E-state index contributed by atoms with van der Waals surface area (Å²) in [5.74, 6) is 0.489. The van der Waals surface area contributed by atoms with Gasteiger partial charge in [-0.25, -0.2) is 0 Å². The van der Waals surface area contributed by atoms with Crippen molar-refractivity contribution in [3.05, 3.63) is 54.1 Å². The van der Waals surface area contributed by atoms with Crippen molar-refractivity contribution >= 4 is 11.9 Å². The number of rotatable bonds is 10. The van der Waals surface area contributed by atoms with E-state index >= 15 is 0 Å². The number of benzene rings is 2. The van der Waals surface area contributed by atoms with Crippen LogP contribution < -0.4 is 19.5 Å². The molecule has 144 valence electrons. The molecular formula is C20H23NO6. The van der Waals surface area contributed by atoms with Crippen molar-refractivity contribution in [3.63, 3.8) is 0 Å². The highest BCUT2D eigenvalue weighted by atomic mass is 16.5. The van der Waals surface area contributed by atoms with Gasteiger partial charge in [0.05, 0.1) is 39.7 Å². The zero-order chi connectivity index (χ0) is 19.6. The van der Waals surface area contributed by atoms with E-state index in [9.17, 15) is 9.59 Å². The summed E-state index contributed by atoms with van der Waals surface area (Å²) in [6.07, 6.45) is -0.129. The number of carbonyl (C=O) groups is 2. The number of amides is 1. The van der Waals surface area contributed by atoms with Crippen molar-refractivity contribution in [2.45, 2.75) is 18.9 Å². The molecule has 0 unspecified atom stereocenters. The molecule has 2 rings (SSSR count). The molecule has 2 aromatic carbocycles. The SMILES string of the molecule is COc1ccc([C@H](CC(=O)O)NC(=O)CCOc2ccccc2OC)cc1. The molecule has 0 aliphatic carbocycles. The second-order valence-corrected chi connectivity index (χ2v) is 5.74. The zero-order valence-electron chi connectivity index (χ0n) is 15.3. The monoisotopic (exact) mass is 373 g/mol. The van der Waals surface area contributed by atoms with Crippen molar-refractivity contribution in [1.82, 2.24) is 5.32 Å². The smallest absolute Gasteiger partial charge is 0.305 e. The molecule has 2 aromatic rings. The van der Waals surface area contributed by atoms with Gasteiger partial charge in [-0.05, 0) is 29.8 Å². The summed E-state index contributed by atoms with van der Waals surface area (Å²) in [5.41, 5.74) is 0.692. The fourth-order valence-electron chi connectivity index (χ4n) is 2.52. The van der Waals surface area contributed by atoms with Crippen LogP contribution in [0.5, 0.6) is 17.2 Å². The molecule has 0 bridgehead atoms. The van der Waals surface area contributed by atoms with Gasteiger partial charge in [-0.1, -0.05) is 24.3 Å². The summed E-state index contributed by atoms with van der Waals surface area (Å²) >= 11 is 0. The Bertz CT molecular complexity index is 759. The van der Waals surface area contributed by atoms with Gasteiger partial charge in [0.2, 0.25) is 5.91 Å². The third kappa shape index (κ3) is 6.22. The molecule has 0 aliphatic heterocycles. The predicted octanol–water partition coefficient (Wildman–Crippen LogP) is 2.80. The van der Waals surface area contributed by atoms with E-state index in [0.717, 1.165) is 0 Å². The van der Waals surface area contributed by atoms with Gasteiger partial charge < -0.3 is 24.6 Å². The summed E-state index contributed by atoms with van der Waals surface area (Å²) in [6.45, 7) is 0.147. The molecule has 0 saturated heterocycles. The Labute approximate surface area is 157 Å². The summed E-state index contributed by atoms with van der Waals surface area (Å²) in [4.78, 5) is 23.4. The second-order valence-electron chi connectivity index (χ2n) is 5.74. The van der Waals surface area contributed by atoms with Gasteiger partial charge in [0, 0.05) is 0 Å². The maximum atomic E-state index is 12.2. The van der Waals surface area contributed by atoms with Gasteiger partial charge in [-0.2, -0.15) is 0 Å². The van der Waals surface area contributed by atoms with Crippen LogP contribution in [-0.2, 0) is 9.59 Å². The zero-order valence-corrected chi connectivity index (χ0v) is 15.3. The minimum atomic E-state index is -0.999. The Morgan fingerprint density at radius 3 is 2.26 bits per heavy atom. The maximum Gasteiger partial charge on any atom is 0.305 e. The quantitative estimate of drug-likeness (QED) is 0.665. The number of nitrogens with one attached hydrogen (secondary N) is 1. The van der Waals surface area contributed by atoms with Crippen LogP contribution in [0, 0.1) is 0 Å². The third-order valence-corrected chi connectivity index (χ3v) is 3.89. The molecule has 7 nitrogen and oxygen atoms in total. The Balaban J connectivity index is 1.93. The fourth-order valence-corrected chi connectivity index (χ4v) is 2.52. The van der Waals surface area contributed by atoms with Crippen LogP contribution in [-0.4, -0.2) is 37.8 Å². The van der Waals surface area contributed by atoms with Crippen molar-refractivity contribution < 1.29 is 28.9 Å². The molecular weight excluding hydrogens is 350 g/mol. The molecule has 0 saturated carbocycles. The van der Waals surface area contributed by atoms with Crippen LogP contribution in [0.25, 0.3) is 0 Å². The largest absolute Gasteiger partial charge is 0.497 e. The van der Waals surface area contributed by atoms with E-state index in [1.807, 2.05) is 12.1 Å². The number of ether oxygens (including phenoxy) is 3. The van der Waals surface area contributed by atoms with Crippen LogP contribution in [0.4, 0.5) is 0 Å². The summed E-state index contributed by atoms with van der Waals surface area (Å²) in [5, 5.41) is 11.9. The molecule has 7 heteroatoms. The second kappa shape index (κ2) is 10.1. The molecule has 0 aliphatic rings. The average Bonchev–Trinajstić information content (AvgIpc) is 2.67. The summed E-state index contributed by atoms with van der Waals surface area (Å²) in [6, 6.07) is 13.4. The lowest BCUT2D eigenvalue weighted by Crippen LogP contribution is -2.31. The first kappa shape index (κ1) is 20.1. The standard InChI is InChI=1S/C20H23NO6/c1-25-15-9-7-14(8-10-15)16(13-20(23)24)21-19(22)11-12-27-18-6-4-3-5-17(18)26-2/h3-10,16H,11-13H2,1-2H3,(H,21,22)(H,23,24)/t16-/m0/s1. The molecule has 0 radical (unpaired) electrons. The minimum absolute atomic E-state index is 0.0876. The molecule has 0 heterocycles. The molecule has 0 fully saturated rings. The Morgan fingerprint density at radius 2 is 1.67 bits per heavy atom. The topological polar surface area (TPSA) is 94.1 Å². The van der Waals surface area contributed by atoms with Crippen molar-refractivity contribution in [3.8, 4) is 17.2 Å². The highest BCUT2D eigenvalue weighted by Gasteiger charge is 2.18.